The van der Waals surface area contributed by atoms with Gasteiger partial charge in [-0.15, -0.1) is 0 Å². The average Bonchev–Trinajstić information content (AvgIpc) is 3.73. The van der Waals surface area contributed by atoms with Crippen molar-refractivity contribution in [1.82, 2.24) is 20.2 Å². The third kappa shape index (κ3) is 4.29. The first-order valence-electron chi connectivity index (χ1n) is 13.1. The van der Waals surface area contributed by atoms with Crippen molar-refractivity contribution in [1.29, 1.82) is 0 Å². The van der Waals surface area contributed by atoms with E-state index in [4.69, 9.17) is 0 Å². The summed E-state index contributed by atoms with van der Waals surface area (Å²) in [5.74, 6) is 0.852. The minimum absolute atomic E-state index is 0.134. The van der Waals surface area contributed by atoms with Crippen molar-refractivity contribution < 1.29 is 4.39 Å². The monoisotopic (exact) mass is 465 g/mol. The van der Waals surface area contributed by atoms with Crippen molar-refractivity contribution in [2.75, 3.05) is 38.1 Å². The van der Waals surface area contributed by atoms with E-state index >= 15 is 0 Å². The largest absolute Gasteiger partial charge is 0.365 e. The molecule has 4 fully saturated rings. The fourth-order valence-corrected chi connectivity index (χ4v) is 6.56. The zero-order chi connectivity index (χ0) is 23.3. The number of piperazine rings is 1. The number of hydrogen-bond donors (Lipinski definition) is 2. The number of aromatic nitrogens is 2. The summed E-state index contributed by atoms with van der Waals surface area (Å²) in [6.45, 7) is 4.21. The third-order valence-electron chi connectivity index (χ3n) is 8.79. The second-order valence-electron chi connectivity index (χ2n) is 11.1. The molecular weight excluding hydrogens is 429 g/mol. The Balaban J connectivity index is 1.04. The predicted molar refractivity (Wildman–Crippen MR) is 132 cm³/mol. The highest BCUT2D eigenvalue weighted by atomic mass is 19.1. The van der Waals surface area contributed by atoms with Crippen LogP contribution in [0.25, 0.3) is 0 Å². The van der Waals surface area contributed by atoms with Crippen LogP contribution < -0.4 is 15.8 Å². The highest BCUT2D eigenvalue weighted by molar-refractivity contribution is 5.46. The van der Waals surface area contributed by atoms with E-state index in [1.807, 2.05) is 19.2 Å². The summed E-state index contributed by atoms with van der Waals surface area (Å²) in [7, 11) is 1.84. The molecule has 1 spiro atoms. The van der Waals surface area contributed by atoms with Gasteiger partial charge in [0.05, 0.1) is 11.4 Å². The molecule has 3 heterocycles. The van der Waals surface area contributed by atoms with Crippen LogP contribution in [-0.4, -0.2) is 54.1 Å². The number of aromatic amines is 1. The Morgan fingerprint density at radius 3 is 2.65 bits per heavy atom. The maximum atomic E-state index is 14.6. The highest BCUT2D eigenvalue weighted by Crippen LogP contribution is 2.63. The molecule has 0 amide bonds. The van der Waals surface area contributed by atoms with Gasteiger partial charge in [-0.05, 0) is 87.4 Å². The highest BCUT2D eigenvalue weighted by Gasteiger charge is 2.60. The van der Waals surface area contributed by atoms with Crippen LogP contribution in [0.1, 0.15) is 61.4 Å². The van der Waals surface area contributed by atoms with Gasteiger partial charge in [0, 0.05) is 50.0 Å². The van der Waals surface area contributed by atoms with Crippen molar-refractivity contribution in [2.24, 2.45) is 11.3 Å². The molecule has 6 rings (SSSR count). The zero-order valence-corrected chi connectivity index (χ0v) is 20.2. The van der Waals surface area contributed by atoms with Crippen LogP contribution in [0.15, 0.2) is 29.1 Å². The van der Waals surface area contributed by atoms with Gasteiger partial charge in [-0.3, -0.25) is 9.69 Å². The van der Waals surface area contributed by atoms with E-state index in [1.54, 1.807) is 0 Å². The summed E-state index contributed by atoms with van der Waals surface area (Å²) in [5, 5.41) is 3.02. The van der Waals surface area contributed by atoms with E-state index < -0.39 is 0 Å². The van der Waals surface area contributed by atoms with Crippen molar-refractivity contribution in [3.05, 3.63) is 57.5 Å². The lowest BCUT2D eigenvalue weighted by molar-refractivity contribution is 0.212. The second kappa shape index (κ2) is 8.76. The number of pyridine rings is 2. The lowest BCUT2D eigenvalue weighted by Crippen LogP contribution is -2.48. The molecule has 182 valence electrons. The Kier molecular flexibility index (Phi) is 5.72. The first kappa shape index (κ1) is 22.2. The van der Waals surface area contributed by atoms with E-state index in [0.29, 0.717) is 29.6 Å². The van der Waals surface area contributed by atoms with Gasteiger partial charge in [0.25, 0.3) is 5.56 Å². The van der Waals surface area contributed by atoms with Gasteiger partial charge in [-0.2, -0.15) is 4.39 Å². The molecule has 7 heteroatoms. The molecule has 6 nitrogen and oxygen atoms in total. The molecule has 3 aliphatic carbocycles. The van der Waals surface area contributed by atoms with E-state index in [9.17, 15) is 9.18 Å². The minimum atomic E-state index is -0.361. The molecule has 3 saturated carbocycles. The molecule has 2 aromatic rings. The van der Waals surface area contributed by atoms with Crippen LogP contribution >= 0.6 is 0 Å². The number of nitrogens with zero attached hydrogens (tertiary/aromatic N) is 3. The second-order valence-corrected chi connectivity index (χ2v) is 11.1. The van der Waals surface area contributed by atoms with Crippen LogP contribution in [0.2, 0.25) is 0 Å². The van der Waals surface area contributed by atoms with Gasteiger partial charge in [0.15, 0.2) is 0 Å². The molecule has 0 bridgehead atoms. The Morgan fingerprint density at radius 1 is 1.12 bits per heavy atom. The van der Waals surface area contributed by atoms with Crippen LogP contribution in [0.4, 0.5) is 10.1 Å². The average molecular weight is 466 g/mol. The van der Waals surface area contributed by atoms with Crippen molar-refractivity contribution >= 4 is 5.69 Å². The molecule has 2 unspecified atom stereocenters. The standard InChI is InChI=1S/C27H36FN5O/c1-29-17-21-5-7-23(25(28)30-21)32-10-12-33(13-11-32)24-16-27(24)9-8-20(15-27)22-6-4-19(26(34)31-22)14-18-2-3-18/h4-7,18,20,24,29H,2-3,8-17H2,1H3,(H,31,34)/t20-,24?,27?/m1/s1. The summed E-state index contributed by atoms with van der Waals surface area (Å²) >= 11 is 0. The molecule has 0 radical (unpaired) electrons. The zero-order valence-electron chi connectivity index (χ0n) is 20.2. The first-order chi connectivity index (χ1) is 16.5. The van der Waals surface area contributed by atoms with E-state index in [1.165, 1.54) is 38.5 Å². The molecule has 3 atom stereocenters. The first-order valence-corrected chi connectivity index (χ1v) is 13.1. The number of rotatable bonds is 7. The Bertz CT molecular complexity index is 1110. The van der Waals surface area contributed by atoms with Crippen molar-refractivity contribution in [2.45, 2.75) is 63.5 Å². The van der Waals surface area contributed by atoms with Gasteiger partial charge in [-0.25, -0.2) is 4.98 Å². The number of anilines is 1. The summed E-state index contributed by atoms with van der Waals surface area (Å²) in [6.07, 6.45) is 8.36. The molecule has 1 aliphatic heterocycles. The summed E-state index contributed by atoms with van der Waals surface area (Å²) in [4.78, 5) is 24.7. The fourth-order valence-electron chi connectivity index (χ4n) is 6.56. The summed E-state index contributed by atoms with van der Waals surface area (Å²) in [5.41, 5.74) is 4.01. The molecule has 0 aromatic carbocycles. The fraction of sp³-hybridized carbons (Fsp3) is 0.630. The number of hydrogen-bond acceptors (Lipinski definition) is 5. The number of nitrogens with one attached hydrogen (secondary N) is 2. The van der Waals surface area contributed by atoms with Gasteiger partial charge >= 0.3 is 0 Å². The molecule has 34 heavy (non-hydrogen) atoms. The molecule has 2 N–H and O–H groups in total. The van der Waals surface area contributed by atoms with E-state index in [0.717, 1.165) is 55.5 Å². The topological polar surface area (TPSA) is 64.3 Å². The van der Waals surface area contributed by atoms with Crippen LogP contribution in [0.5, 0.6) is 0 Å². The van der Waals surface area contributed by atoms with E-state index in [2.05, 4.69) is 37.2 Å². The molecule has 2 aromatic heterocycles. The van der Waals surface area contributed by atoms with Gasteiger partial charge < -0.3 is 15.2 Å². The quantitative estimate of drug-likeness (QED) is 0.614. The van der Waals surface area contributed by atoms with Crippen LogP contribution in [-0.2, 0) is 13.0 Å². The molecule has 4 aliphatic rings. The number of H-pyrrole nitrogens is 1. The van der Waals surface area contributed by atoms with E-state index in [-0.39, 0.29) is 11.5 Å². The number of halogens is 1. The summed E-state index contributed by atoms with van der Waals surface area (Å²) in [6, 6.07) is 8.70. The third-order valence-corrected chi connectivity index (χ3v) is 8.79. The maximum Gasteiger partial charge on any atom is 0.251 e. The Hall–Kier alpha value is -2.25. The molecule has 1 saturated heterocycles. The van der Waals surface area contributed by atoms with Crippen molar-refractivity contribution in [3.8, 4) is 0 Å². The minimum Gasteiger partial charge on any atom is -0.365 e. The molecular formula is C27H36FN5O. The van der Waals surface area contributed by atoms with Gasteiger partial charge in [0.2, 0.25) is 5.95 Å². The van der Waals surface area contributed by atoms with Crippen LogP contribution in [0, 0.1) is 17.3 Å². The smallest absolute Gasteiger partial charge is 0.251 e. The lowest BCUT2D eigenvalue weighted by atomic mass is 9.98. The van der Waals surface area contributed by atoms with Crippen LogP contribution in [0.3, 0.4) is 0 Å². The van der Waals surface area contributed by atoms with Gasteiger partial charge in [-0.1, -0.05) is 6.07 Å². The SMILES string of the molecule is CNCc1ccc(N2CCN(C3CC34CC[C@@H](c3ccc(CC5CC5)c(=O)[nH]3)C4)CC2)c(F)n1. The van der Waals surface area contributed by atoms with Gasteiger partial charge in [0.1, 0.15) is 0 Å². The lowest BCUT2D eigenvalue weighted by Gasteiger charge is -2.37. The predicted octanol–water partition coefficient (Wildman–Crippen LogP) is 3.43. The maximum absolute atomic E-state index is 14.6. The summed E-state index contributed by atoms with van der Waals surface area (Å²) < 4.78 is 14.6. The Morgan fingerprint density at radius 2 is 1.94 bits per heavy atom. The Labute approximate surface area is 201 Å². The van der Waals surface area contributed by atoms with Crippen molar-refractivity contribution in [3.63, 3.8) is 0 Å². The normalized spacial score (nSPS) is 29.2.